The van der Waals surface area contributed by atoms with Crippen molar-refractivity contribution in [3.8, 4) is 11.3 Å². The first kappa shape index (κ1) is 13.3. The molecule has 0 atom stereocenters. The Hall–Kier alpha value is -1.74. The normalized spacial score (nSPS) is 16.3. The highest BCUT2D eigenvalue weighted by atomic mass is 14.9. The molecule has 0 unspecified atom stereocenters. The van der Waals surface area contributed by atoms with Gasteiger partial charge in [0.05, 0.1) is 5.69 Å². The van der Waals surface area contributed by atoms with Crippen molar-refractivity contribution < 1.29 is 0 Å². The van der Waals surface area contributed by atoms with Crippen molar-refractivity contribution in [2.24, 2.45) is 0 Å². The van der Waals surface area contributed by atoms with Crippen LogP contribution in [0.15, 0.2) is 30.3 Å². The molecule has 1 aliphatic rings. The lowest BCUT2D eigenvalue weighted by atomic mass is 9.96. The number of hydrogen-bond donors (Lipinski definition) is 1. The van der Waals surface area contributed by atoms with Gasteiger partial charge in [0.25, 0.3) is 0 Å². The Morgan fingerprint density at radius 3 is 2.55 bits per heavy atom. The molecule has 2 heterocycles. The molecule has 0 radical (unpaired) electrons. The molecule has 1 N–H and O–H groups in total. The number of aryl methyl sites for hydroxylation is 2. The van der Waals surface area contributed by atoms with Crippen LogP contribution in [0.25, 0.3) is 11.3 Å². The van der Waals surface area contributed by atoms with Crippen LogP contribution in [0.3, 0.4) is 0 Å². The first-order valence-electron chi connectivity index (χ1n) is 7.36. The summed E-state index contributed by atoms with van der Waals surface area (Å²) in [5.74, 6) is 1.52. The van der Waals surface area contributed by atoms with Crippen LogP contribution < -0.4 is 5.32 Å². The zero-order valence-corrected chi connectivity index (χ0v) is 12.2. The fourth-order valence-corrected chi connectivity index (χ4v) is 2.85. The molecule has 0 amide bonds. The molecule has 3 nitrogen and oxygen atoms in total. The van der Waals surface area contributed by atoms with Gasteiger partial charge in [-0.3, -0.25) is 0 Å². The average Bonchev–Trinajstić information content (AvgIpc) is 2.48. The van der Waals surface area contributed by atoms with E-state index in [1.54, 1.807) is 0 Å². The Bertz CT molecular complexity index is 601. The van der Waals surface area contributed by atoms with Gasteiger partial charge in [0, 0.05) is 17.2 Å². The molecule has 3 heteroatoms. The summed E-state index contributed by atoms with van der Waals surface area (Å²) >= 11 is 0. The van der Waals surface area contributed by atoms with Crippen LogP contribution in [-0.2, 0) is 0 Å². The van der Waals surface area contributed by atoms with Crippen LogP contribution in [0.1, 0.15) is 35.8 Å². The quantitative estimate of drug-likeness (QED) is 0.907. The second-order valence-corrected chi connectivity index (χ2v) is 5.59. The summed E-state index contributed by atoms with van der Waals surface area (Å²) < 4.78 is 0. The monoisotopic (exact) mass is 267 g/mol. The molecule has 1 fully saturated rings. The number of aromatic nitrogens is 2. The van der Waals surface area contributed by atoms with Gasteiger partial charge in [0.2, 0.25) is 0 Å². The number of benzene rings is 1. The minimum absolute atomic E-state index is 0.499. The molecule has 1 saturated heterocycles. The van der Waals surface area contributed by atoms with Gasteiger partial charge in [-0.15, -0.1) is 0 Å². The van der Waals surface area contributed by atoms with Crippen LogP contribution in [0.2, 0.25) is 0 Å². The maximum absolute atomic E-state index is 4.85. The Kier molecular flexibility index (Phi) is 3.79. The molecule has 0 spiro atoms. The predicted octanol–water partition coefficient (Wildman–Crippen LogP) is 3.23. The van der Waals surface area contributed by atoms with Crippen molar-refractivity contribution in [1.29, 1.82) is 0 Å². The van der Waals surface area contributed by atoms with Crippen molar-refractivity contribution in [3.05, 3.63) is 47.4 Å². The van der Waals surface area contributed by atoms with Crippen molar-refractivity contribution >= 4 is 0 Å². The van der Waals surface area contributed by atoms with E-state index in [1.165, 1.54) is 11.1 Å². The highest BCUT2D eigenvalue weighted by molar-refractivity contribution is 5.63. The number of nitrogens with zero attached hydrogens (tertiary/aromatic N) is 2. The molecule has 2 aromatic rings. The SMILES string of the molecule is Cc1cc(-c2ccccc2C)nc(C2CCNCC2)n1. The standard InChI is InChI=1S/C17H21N3/c1-12-5-3-4-6-15(12)16-11-13(2)19-17(20-16)14-7-9-18-10-8-14/h3-6,11,14,18H,7-10H2,1-2H3. The highest BCUT2D eigenvalue weighted by Gasteiger charge is 2.19. The second-order valence-electron chi connectivity index (χ2n) is 5.59. The zero-order chi connectivity index (χ0) is 13.9. The second kappa shape index (κ2) is 5.71. The lowest BCUT2D eigenvalue weighted by Crippen LogP contribution is -2.27. The molecular weight excluding hydrogens is 246 g/mol. The summed E-state index contributed by atoms with van der Waals surface area (Å²) in [6.45, 7) is 6.34. The summed E-state index contributed by atoms with van der Waals surface area (Å²) in [5, 5.41) is 3.40. The predicted molar refractivity (Wildman–Crippen MR) is 81.8 cm³/mol. The Morgan fingerprint density at radius 1 is 1.05 bits per heavy atom. The van der Waals surface area contributed by atoms with Crippen molar-refractivity contribution in [3.63, 3.8) is 0 Å². The first-order valence-corrected chi connectivity index (χ1v) is 7.36. The van der Waals surface area contributed by atoms with Crippen LogP contribution >= 0.6 is 0 Å². The third kappa shape index (κ3) is 2.73. The third-order valence-corrected chi connectivity index (χ3v) is 4.00. The molecule has 104 valence electrons. The fraction of sp³-hybridized carbons (Fsp3) is 0.412. The van der Waals surface area contributed by atoms with Gasteiger partial charge in [-0.2, -0.15) is 0 Å². The van der Waals surface area contributed by atoms with E-state index in [2.05, 4.69) is 54.5 Å². The smallest absolute Gasteiger partial charge is 0.132 e. The van der Waals surface area contributed by atoms with E-state index >= 15 is 0 Å². The van der Waals surface area contributed by atoms with E-state index in [0.29, 0.717) is 5.92 Å². The van der Waals surface area contributed by atoms with E-state index < -0.39 is 0 Å². The van der Waals surface area contributed by atoms with Gasteiger partial charge >= 0.3 is 0 Å². The van der Waals surface area contributed by atoms with Crippen LogP contribution in [0, 0.1) is 13.8 Å². The zero-order valence-electron chi connectivity index (χ0n) is 12.2. The molecule has 1 aromatic heterocycles. The maximum atomic E-state index is 4.85. The molecule has 0 bridgehead atoms. The lowest BCUT2D eigenvalue weighted by molar-refractivity contribution is 0.444. The van der Waals surface area contributed by atoms with Crippen molar-refractivity contribution in [1.82, 2.24) is 15.3 Å². The lowest BCUT2D eigenvalue weighted by Gasteiger charge is -2.22. The van der Waals surface area contributed by atoms with Gasteiger partial charge in [0.1, 0.15) is 5.82 Å². The molecule has 0 saturated carbocycles. The van der Waals surface area contributed by atoms with Gasteiger partial charge in [-0.1, -0.05) is 24.3 Å². The summed E-state index contributed by atoms with van der Waals surface area (Å²) in [6, 6.07) is 10.5. The van der Waals surface area contributed by atoms with Crippen molar-refractivity contribution in [2.45, 2.75) is 32.6 Å². The van der Waals surface area contributed by atoms with Gasteiger partial charge < -0.3 is 5.32 Å². The summed E-state index contributed by atoms with van der Waals surface area (Å²) in [7, 11) is 0. The van der Waals surface area contributed by atoms with Crippen LogP contribution in [0.5, 0.6) is 0 Å². The van der Waals surface area contributed by atoms with Gasteiger partial charge in [-0.25, -0.2) is 9.97 Å². The van der Waals surface area contributed by atoms with E-state index in [9.17, 15) is 0 Å². The fourth-order valence-electron chi connectivity index (χ4n) is 2.85. The van der Waals surface area contributed by atoms with Crippen molar-refractivity contribution in [2.75, 3.05) is 13.1 Å². The van der Waals surface area contributed by atoms with Gasteiger partial charge in [0.15, 0.2) is 0 Å². The summed E-state index contributed by atoms with van der Waals surface area (Å²) in [6.07, 6.45) is 2.27. The Labute approximate surface area is 120 Å². The largest absolute Gasteiger partial charge is 0.317 e. The number of hydrogen-bond acceptors (Lipinski definition) is 3. The topological polar surface area (TPSA) is 37.8 Å². The molecule has 1 aliphatic heterocycles. The van der Waals surface area contributed by atoms with E-state index in [4.69, 9.17) is 4.98 Å². The summed E-state index contributed by atoms with van der Waals surface area (Å²) in [5.41, 5.74) is 4.60. The summed E-state index contributed by atoms with van der Waals surface area (Å²) in [4.78, 5) is 9.52. The van der Waals surface area contributed by atoms with Gasteiger partial charge in [-0.05, 0) is 51.4 Å². The Morgan fingerprint density at radius 2 is 1.80 bits per heavy atom. The van der Waals surface area contributed by atoms with E-state index in [0.717, 1.165) is 43.1 Å². The highest BCUT2D eigenvalue weighted by Crippen LogP contribution is 2.26. The first-order chi connectivity index (χ1) is 9.74. The van der Waals surface area contributed by atoms with Crippen LogP contribution in [-0.4, -0.2) is 23.1 Å². The number of nitrogens with one attached hydrogen (secondary N) is 1. The Balaban J connectivity index is 2.00. The van der Waals surface area contributed by atoms with Crippen LogP contribution in [0.4, 0.5) is 0 Å². The minimum Gasteiger partial charge on any atom is -0.317 e. The molecule has 1 aromatic carbocycles. The van der Waals surface area contributed by atoms with E-state index in [-0.39, 0.29) is 0 Å². The van der Waals surface area contributed by atoms with E-state index in [1.807, 2.05) is 0 Å². The molecule has 20 heavy (non-hydrogen) atoms. The molecule has 3 rings (SSSR count). The number of rotatable bonds is 2. The average molecular weight is 267 g/mol. The molecule has 0 aliphatic carbocycles. The number of piperidine rings is 1. The minimum atomic E-state index is 0.499. The maximum Gasteiger partial charge on any atom is 0.132 e. The molecular formula is C17H21N3. The third-order valence-electron chi connectivity index (χ3n) is 4.00.